The van der Waals surface area contributed by atoms with Gasteiger partial charge < -0.3 is 24.6 Å². The Hall–Kier alpha value is -4.14. The molecule has 2 N–H and O–H groups in total. The van der Waals surface area contributed by atoms with E-state index in [4.69, 9.17) is 14.2 Å². The molecule has 3 rings (SSSR count). The number of nitrogens with one attached hydrogen (secondary N) is 1. The van der Waals surface area contributed by atoms with Crippen molar-refractivity contribution in [1.29, 1.82) is 0 Å². The van der Waals surface area contributed by atoms with Crippen LogP contribution in [0.5, 0.6) is 17.2 Å². The van der Waals surface area contributed by atoms with Crippen molar-refractivity contribution in [2.75, 3.05) is 14.2 Å². The maximum Gasteiger partial charge on any atom is 0.328 e. The average molecular weight is 497 g/mol. The molecule has 1 aromatic heterocycles. The summed E-state index contributed by atoms with van der Waals surface area (Å²) >= 11 is 0. The van der Waals surface area contributed by atoms with E-state index in [1.165, 1.54) is 45.5 Å². The summed E-state index contributed by atoms with van der Waals surface area (Å²) in [5.41, 5.74) is 2.26. The number of nitrogens with zero attached hydrogens (tertiary/aromatic N) is 1. The van der Waals surface area contributed by atoms with E-state index in [0.717, 1.165) is 11.1 Å². The molecule has 0 aliphatic heterocycles. The molecule has 8 nitrogen and oxygen atoms in total. The lowest BCUT2D eigenvalue weighted by molar-refractivity contribution is -0.150. The van der Waals surface area contributed by atoms with Gasteiger partial charge in [-0.2, -0.15) is 0 Å². The van der Waals surface area contributed by atoms with Crippen LogP contribution in [0.15, 0.2) is 54.7 Å². The molecule has 0 radical (unpaired) electrons. The van der Waals surface area contributed by atoms with Gasteiger partial charge in [0.25, 0.3) is 5.91 Å². The topological polar surface area (TPSA) is 107 Å². The average Bonchev–Trinajstić information content (AvgIpc) is 2.86. The van der Waals surface area contributed by atoms with Gasteiger partial charge in [-0.25, -0.2) is 14.2 Å². The van der Waals surface area contributed by atoms with Crippen molar-refractivity contribution in [3.8, 4) is 17.2 Å². The van der Waals surface area contributed by atoms with Crippen LogP contribution in [-0.2, 0) is 9.53 Å². The van der Waals surface area contributed by atoms with E-state index < -0.39 is 41.5 Å². The SMILES string of the molecule is COc1cc(F)ccc1[C@H](c1ccc(C)cc1)[C@H](C)OC(=O)[C@H](C)NC(=O)c1nccc(OC)c1O. The zero-order valence-electron chi connectivity index (χ0n) is 20.7. The normalized spacial score (nSPS) is 13.3. The number of benzene rings is 2. The van der Waals surface area contributed by atoms with E-state index in [0.29, 0.717) is 11.3 Å². The van der Waals surface area contributed by atoms with Crippen molar-refractivity contribution in [2.24, 2.45) is 0 Å². The lowest BCUT2D eigenvalue weighted by Crippen LogP contribution is -2.41. The fourth-order valence-corrected chi connectivity index (χ4v) is 3.86. The molecule has 2 aromatic carbocycles. The molecule has 0 saturated carbocycles. The van der Waals surface area contributed by atoms with E-state index >= 15 is 0 Å². The number of ether oxygens (including phenoxy) is 3. The summed E-state index contributed by atoms with van der Waals surface area (Å²) in [6.45, 7) is 5.14. The van der Waals surface area contributed by atoms with Crippen LogP contribution in [0.3, 0.4) is 0 Å². The van der Waals surface area contributed by atoms with Gasteiger partial charge in [0.2, 0.25) is 0 Å². The third kappa shape index (κ3) is 5.91. The van der Waals surface area contributed by atoms with Gasteiger partial charge in [0.15, 0.2) is 17.2 Å². The highest BCUT2D eigenvalue weighted by Gasteiger charge is 2.30. The number of methoxy groups -OCH3 is 2. The van der Waals surface area contributed by atoms with Gasteiger partial charge in [0, 0.05) is 29.8 Å². The molecule has 0 bridgehead atoms. The van der Waals surface area contributed by atoms with Crippen LogP contribution in [0.2, 0.25) is 0 Å². The van der Waals surface area contributed by atoms with Gasteiger partial charge in [-0.3, -0.25) is 4.79 Å². The summed E-state index contributed by atoms with van der Waals surface area (Å²) in [4.78, 5) is 29.4. The van der Waals surface area contributed by atoms with E-state index in [9.17, 15) is 19.1 Å². The van der Waals surface area contributed by atoms with Crippen molar-refractivity contribution in [3.05, 3.63) is 82.9 Å². The van der Waals surface area contributed by atoms with Gasteiger partial charge in [-0.1, -0.05) is 35.9 Å². The van der Waals surface area contributed by atoms with Crippen LogP contribution in [0.25, 0.3) is 0 Å². The Kier molecular flexibility index (Phi) is 8.47. The lowest BCUT2D eigenvalue weighted by atomic mass is 9.86. The number of hydrogen-bond acceptors (Lipinski definition) is 7. The molecule has 0 fully saturated rings. The second-order valence-electron chi connectivity index (χ2n) is 8.32. The zero-order chi connectivity index (χ0) is 26.4. The second-order valence-corrected chi connectivity index (χ2v) is 8.32. The Morgan fingerprint density at radius 1 is 1.00 bits per heavy atom. The molecule has 1 heterocycles. The van der Waals surface area contributed by atoms with E-state index in [1.54, 1.807) is 13.0 Å². The van der Waals surface area contributed by atoms with Crippen molar-refractivity contribution in [3.63, 3.8) is 0 Å². The summed E-state index contributed by atoms with van der Waals surface area (Å²) in [6, 6.07) is 12.2. The van der Waals surface area contributed by atoms with Gasteiger partial charge >= 0.3 is 5.97 Å². The Morgan fingerprint density at radius 2 is 1.67 bits per heavy atom. The number of rotatable bonds is 9. The van der Waals surface area contributed by atoms with Gasteiger partial charge in [-0.15, -0.1) is 0 Å². The molecule has 1 amide bonds. The molecule has 0 saturated heterocycles. The van der Waals surface area contributed by atoms with Crippen LogP contribution in [0.4, 0.5) is 4.39 Å². The van der Waals surface area contributed by atoms with Crippen LogP contribution in [0.1, 0.15) is 46.9 Å². The van der Waals surface area contributed by atoms with Crippen molar-refractivity contribution < 1.29 is 33.3 Å². The van der Waals surface area contributed by atoms with Crippen molar-refractivity contribution in [1.82, 2.24) is 10.3 Å². The third-order valence-corrected chi connectivity index (χ3v) is 5.76. The smallest absolute Gasteiger partial charge is 0.328 e. The molecule has 36 heavy (non-hydrogen) atoms. The highest BCUT2D eigenvalue weighted by Crippen LogP contribution is 2.36. The second kappa shape index (κ2) is 11.5. The monoisotopic (exact) mass is 496 g/mol. The highest BCUT2D eigenvalue weighted by molar-refractivity contribution is 5.97. The fraction of sp³-hybridized carbons (Fsp3) is 0.296. The molecule has 3 atom stereocenters. The van der Waals surface area contributed by atoms with Crippen LogP contribution >= 0.6 is 0 Å². The fourth-order valence-electron chi connectivity index (χ4n) is 3.86. The van der Waals surface area contributed by atoms with E-state index in [-0.39, 0.29) is 11.4 Å². The number of aromatic hydroxyl groups is 1. The maximum absolute atomic E-state index is 13.9. The number of carbonyl (C=O) groups excluding carboxylic acids is 2. The summed E-state index contributed by atoms with van der Waals surface area (Å²) in [7, 11) is 2.79. The predicted octanol–water partition coefficient (Wildman–Crippen LogP) is 4.13. The van der Waals surface area contributed by atoms with Gasteiger partial charge in [0.1, 0.15) is 23.7 Å². The number of pyridine rings is 1. The van der Waals surface area contributed by atoms with E-state index in [1.807, 2.05) is 31.2 Å². The molecular weight excluding hydrogens is 467 g/mol. The Balaban J connectivity index is 1.82. The first-order valence-electron chi connectivity index (χ1n) is 11.3. The van der Waals surface area contributed by atoms with Gasteiger partial charge in [-0.05, 0) is 32.4 Å². The number of carbonyl (C=O) groups is 2. The Labute approximate surface area is 209 Å². The summed E-state index contributed by atoms with van der Waals surface area (Å²) in [5.74, 6) is -2.42. The van der Waals surface area contributed by atoms with Crippen molar-refractivity contribution in [2.45, 2.75) is 38.8 Å². The highest BCUT2D eigenvalue weighted by atomic mass is 19.1. The number of amides is 1. The Morgan fingerprint density at radius 3 is 2.31 bits per heavy atom. The number of halogens is 1. The number of aromatic nitrogens is 1. The minimum absolute atomic E-state index is 0.0770. The molecule has 0 spiro atoms. The van der Waals surface area contributed by atoms with Crippen molar-refractivity contribution >= 4 is 11.9 Å². The first kappa shape index (κ1) is 26.5. The maximum atomic E-state index is 13.9. The van der Waals surface area contributed by atoms with Crippen LogP contribution in [-0.4, -0.2) is 48.3 Å². The zero-order valence-corrected chi connectivity index (χ0v) is 20.7. The minimum atomic E-state index is -1.05. The number of hydrogen-bond donors (Lipinski definition) is 2. The minimum Gasteiger partial charge on any atom is -0.503 e. The standard InChI is InChI=1S/C27H29FN2O6/c1-15-6-8-18(9-7-15)23(20-11-10-19(28)14-22(20)35-5)17(3)36-27(33)16(2)30-26(32)24-25(31)21(34-4)12-13-29-24/h6-14,16-17,23,31H,1-5H3,(H,30,32)/t16-,17-,23-/m0/s1. The Bertz CT molecular complexity index is 1230. The molecule has 0 aliphatic rings. The number of aryl methyl sites for hydroxylation is 1. The van der Waals surface area contributed by atoms with Crippen LogP contribution < -0.4 is 14.8 Å². The van der Waals surface area contributed by atoms with Crippen LogP contribution in [0, 0.1) is 12.7 Å². The summed E-state index contributed by atoms with van der Waals surface area (Å²) in [5, 5.41) is 12.6. The molecule has 0 aliphatic carbocycles. The number of esters is 1. The molecule has 9 heteroatoms. The first-order valence-corrected chi connectivity index (χ1v) is 11.3. The quantitative estimate of drug-likeness (QED) is 0.429. The molecule has 0 unspecified atom stereocenters. The lowest BCUT2D eigenvalue weighted by Gasteiger charge is -2.27. The summed E-state index contributed by atoms with van der Waals surface area (Å²) < 4.78 is 30.0. The summed E-state index contributed by atoms with van der Waals surface area (Å²) in [6.07, 6.45) is 0.600. The van der Waals surface area contributed by atoms with E-state index in [2.05, 4.69) is 10.3 Å². The largest absolute Gasteiger partial charge is 0.503 e. The van der Waals surface area contributed by atoms with Gasteiger partial charge in [0.05, 0.1) is 14.2 Å². The first-order chi connectivity index (χ1) is 17.2. The molecule has 3 aromatic rings. The third-order valence-electron chi connectivity index (χ3n) is 5.76. The predicted molar refractivity (Wildman–Crippen MR) is 131 cm³/mol. The molecule has 190 valence electrons. The molecular formula is C27H29FN2O6.